The maximum absolute atomic E-state index is 13.7. The van der Waals surface area contributed by atoms with Crippen molar-refractivity contribution in [2.45, 2.75) is 48.8 Å². The number of urea groups is 1. The first-order chi connectivity index (χ1) is 15.0. The molecule has 1 heterocycles. The van der Waals surface area contributed by atoms with Crippen LogP contribution in [0.2, 0.25) is 0 Å². The Bertz CT molecular complexity index is 874. The first kappa shape index (κ1) is 23.3. The fourth-order valence-corrected chi connectivity index (χ4v) is 5.08. The van der Waals surface area contributed by atoms with E-state index in [4.69, 9.17) is 9.84 Å². The summed E-state index contributed by atoms with van der Waals surface area (Å²) in [5.41, 5.74) is 0. The summed E-state index contributed by atoms with van der Waals surface area (Å²) in [7, 11) is 0. The highest BCUT2D eigenvalue weighted by molar-refractivity contribution is 8.01. The summed E-state index contributed by atoms with van der Waals surface area (Å²) in [5, 5.41) is 12.1. The van der Waals surface area contributed by atoms with E-state index in [0.717, 1.165) is 29.9 Å². The number of thioether (sulfide) groups is 1. The van der Waals surface area contributed by atoms with Crippen molar-refractivity contribution in [2.75, 3.05) is 24.2 Å². The minimum Gasteiger partial charge on any atom is -0.490 e. The second kappa shape index (κ2) is 11.9. The molecule has 0 unspecified atom stereocenters. The molecule has 1 fully saturated rings. The molecule has 31 heavy (non-hydrogen) atoms. The van der Waals surface area contributed by atoms with Crippen molar-refractivity contribution >= 4 is 40.2 Å². The highest BCUT2D eigenvalue weighted by Gasteiger charge is 2.26. The van der Waals surface area contributed by atoms with Crippen molar-refractivity contribution in [3.8, 4) is 5.75 Å². The van der Waals surface area contributed by atoms with Gasteiger partial charge >= 0.3 is 12.0 Å². The Balaban J connectivity index is 1.55. The molecule has 168 valence electrons. The lowest BCUT2D eigenvalue weighted by atomic mass is 9.94. The molecule has 0 bridgehead atoms. The minimum absolute atomic E-state index is 0.0498. The van der Waals surface area contributed by atoms with Crippen LogP contribution in [-0.2, 0) is 4.79 Å². The summed E-state index contributed by atoms with van der Waals surface area (Å²) in [6.07, 6.45) is 7.43. The molecular weight excluding hydrogens is 441 g/mol. The highest BCUT2D eigenvalue weighted by atomic mass is 32.2. The third-order valence-electron chi connectivity index (χ3n) is 4.95. The van der Waals surface area contributed by atoms with E-state index in [-0.39, 0.29) is 23.6 Å². The number of nitrogens with zero attached hydrogens (tertiary/aromatic N) is 2. The molecule has 2 amide bonds. The molecule has 1 saturated carbocycles. The Labute approximate surface area is 189 Å². The molecule has 0 spiro atoms. The Hall–Kier alpha value is -2.33. The summed E-state index contributed by atoms with van der Waals surface area (Å²) in [6, 6.07) is 6.21. The molecule has 3 rings (SSSR count). The summed E-state index contributed by atoms with van der Waals surface area (Å²) in [6.45, 7) is 0.807. The SMILES string of the molecule is O=C(O)CSc1cnc(NC(=O)N(CCCOc2ccccc2F)C2CCCCC2)s1. The number of aromatic nitrogens is 1. The summed E-state index contributed by atoms with van der Waals surface area (Å²) < 4.78 is 20.0. The zero-order chi connectivity index (χ0) is 22.1. The number of thiazole rings is 1. The summed E-state index contributed by atoms with van der Waals surface area (Å²) in [4.78, 5) is 29.7. The standard InChI is InChI=1S/C21H26FN3O4S2/c22-16-9-4-5-10-17(16)29-12-6-11-25(15-7-2-1-3-8-15)21(28)24-20-23-13-19(31-20)30-14-18(26)27/h4-5,9-10,13,15H,1-3,6-8,11-12,14H2,(H,26,27)(H,23,24,28). The van der Waals surface area contributed by atoms with Crippen molar-refractivity contribution in [3.63, 3.8) is 0 Å². The average Bonchev–Trinajstić information content (AvgIpc) is 3.21. The number of rotatable bonds is 10. The molecule has 1 aromatic heterocycles. The smallest absolute Gasteiger partial charge is 0.323 e. The summed E-state index contributed by atoms with van der Waals surface area (Å²) in [5.74, 6) is -1.13. The first-order valence-electron chi connectivity index (χ1n) is 10.3. The number of carboxylic acid groups (broad SMARTS) is 1. The third kappa shape index (κ3) is 7.39. The number of nitrogens with one attached hydrogen (secondary N) is 1. The van der Waals surface area contributed by atoms with Crippen molar-refractivity contribution in [1.29, 1.82) is 0 Å². The van der Waals surface area contributed by atoms with Crippen LogP contribution >= 0.6 is 23.1 Å². The van der Waals surface area contributed by atoms with Crippen molar-refractivity contribution in [1.82, 2.24) is 9.88 Å². The van der Waals surface area contributed by atoms with Gasteiger partial charge in [-0.15, -0.1) is 11.8 Å². The van der Waals surface area contributed by atoms with E-state index in [1.165, 1.54) is 35.6 Å². The van der Waals surface area contributed by atoms with E-state index in [0.29, 0.717) is 24.7 Å². The number of halogens is 1. The Morgan fingerprint density at radius 3 is 2.81 bits per heavy atom. The van der Waals surface area contributed by atoms with Crippen molar-refractivity contribution in [3.05, 3.63) is 36.3 Å². The largest absolute Gasteiger partial charge is 0.490 e. The van der Waals surface area contributed by atoms with Crippen LogP contribution in [0.4, 0.5) is 14.3 Å². The Morgan fingerprint density at radius 2 is 2.06 bits per heavy atom. The zero-order valence-corrected chi connectivity index (χ0v) is 18.7. The van der Waals surface area contributed by atoms with E-state index >= 15 is 0 Å². The highest BCUT2D eigenvalue weighted by Crippen LogP contribution is 2.29. The second-order valence-corrected chi connectivity index (χ2v) is 9.52. The predicted molar refractivity (Wildman–Crippen MR) is 120 cm³/mol. The molecule has 1 aliphatic rings. The maximum Gasteiger partial charge on any atom is 0.323 e. The quantitative estimate of drug-likeness (QED) is 0.373. The van der Waals surface area contributed by atoms with Crippen LogP contribution in [0.1, 0.15) is 38.5 Å². The van der Waals surface area contributed by atoms with E-state index < -0.39 is 11.8 Å². The molecule has 1 aromatic carbocycles. The number of hydrogen-bond acceptors (Lipinski definition) is 6. The fraction of sp³-hybridized carbons (Fsp3) is 0.476. The molecule has 7 nitrogen and oxygen atoms in total. The van der Waals surface area contributed by atoms with Crippen molar-refractivity contribution < 1.29 is 23.8 Å². The lowest BCUT2D eigenvalue weighted by molar-refractivity contribution is -0.133. The van der Waals surface area contributed by atoms with Crippen LogP contribution in [0.5, 0.6) is 5.75 Å². The minimum atomic E-state index is -0.898. The van der Waals surface area contributed by atoms with E-state index in [9.17, 15) is 14.0 Å². The molecule has 0 radical (unpaired) electrons. The van der Waals surface area contributed by atoms with Gasteiger partial charge in [-0.2, -0.15) is 0 Å². The van der Waals surface area contributed by atoms with Gasteiger partial charge in [-0.25, -0.2) is 14.2 Å². The molecule has 2 aromatic rings. The van der Waals surface area contributed by atoms with Gasteiger partial charge < -0.3 is 14.7 Å². The third-order valence-corrected chi connectivity index (χ3v) is 7.04. The van der Waals surface area contributed by atoms with Crippen LogP contribution in [0.25, 0.3) is 0 Å². The maximum atomic E-state index is 13.7. The molecular formula is C21H26FN3O4S2. The number of amides is 2. The van der Waals surface area contributed by atoms with E-state index in [2.05, 4.69) is 10.3 Å². The number of aliphatic carboxylic acids is 1. The lowest BCUT2D eigenvalue weighted by Crippen LogP contribution is -2.44. The van der Waals surface area contributed by atoms with Gasteiger partial charge in [0.15, 0.2) is 16.7 Å². The second-order valence-electron chi connectivity index (χ2n) is 7.21. The van der Waals surface area contributed by atoms with Crippen LogP contribution in [0.15, 0.2) is 34.7 Å². The Kier molecular flexibility index (Phi) is 8.96. The zero-order valence-electron chi connectivity index (χ0n) is 17.1. The van der Waals surface area contributed by atoms with Gasteiger partial charge in [0, 0.05) is 12.6 Å². The molecule has 10 heteroatoms. The van der Waals surface area contributed by atoms with Gasteiger partial charge in [0.05, 0.1) is 22.8 Å². The normalized spacial score (nSPS) is 14.2. The molecule has 0 atom stereocenters. The molecule has 0 saturated heterocycles. The number of ether oxygens (including phenoxy) is 1. The Morgan fingerprint density at radius 1 is 1.29 bits per heavy atom. The predicted octanol–water partition coefficient (Wildman–Crippen LogP) is 5.09. The summed E-state index contributed by atoms with van der Waals surface area (Å²) >= 11 is 2.43. The van der Waals surface area contributed by atoms with Gasteiger partial charge in [0.2, 0.25) is 0 Å². The van der Waals surface area contributed by atoms with Gasteiger partial charge in [0.25, 0.3) is 0 Å². The van der Waals surface area contributed by atoms with Gasteiger partial charge in [-0.05, 0) is 31.4 Å². The first-order valence-corrected chi connectivity index (χ1v) is 12.1. The number of hydrogen-bond donors (Lipinski definition) is 2. The molecule has 0 aliphatic heterocycles. The van der Waals surface area contributed by atoms with Crippen LogP contribution in [0.3, 0.4) is 0 Å². The number of carboxylic acids is 1. The monoisotopic (exact) mass is 467 g/mol. The average molecular weight is 468 g/mol. The number of carbonyl (C=O) groups excluding carboxylic acids is 1. The molecule has 1 aliphatic carbocycles. The van der Waals surface area contributed by atoms with Crippen LogP contribution in [-0.4, -0.2) is 51.9 Å². The van der Waals surface area contributed by atoms with Crippen LogP contribution < -0.4 is 10.1 Å². The fourth-order valence-electron chi connectivity index (χ4n) is 3.50. The van der Waals surface area contributed by atoms with E-state index in [1.807, 2.05) is 4.90 Å². The topological polar surface area (TPSA) is 91.8 Å². The van der Waals surface area contributed by atoms with Gasteiger partial charge in [-0.3, -0.25) is 10.1 Å². The van der Waals surface area contributed by atoms with Gasteiger partial charge in [0.1, 0.15) is 0 Å². The van der Waals surface area contributed by atoms with Gasteiger partial charge in [-0.1, -0.05) is 42.7 Å². The van der Waals surface area contributed by atoms with Crippen LogP contribution in [0, 0.1) is 5.82 Å². The molecule has 2 N–H and O–H groups in total. The van der Waals surface area contributed by atoms with Crippen molar-refractivity contribution in [2.24, 2.45) is 0 Å². The lowest BCUT2D eigenvalue weighted by Gasteiger charge is -2.34. The number of para-hydroxylation sites is 1. The number of anilines is 1. The number of carbonyl (C=O) groups is 2. The number of benzene rings is 1. The van der Waals surface area contributed by atoms with E-state index in [1.54, 1.807) is 24.4 Å².